The molecule has 10 heteroatoms. The average Bonchev–Trinajstić information content (AvgIpc) is 3.77. The molecule has 1 aromatic rings. The van der Waals surface area contributed by atoms with E-state index in [9.17, 15) is 18.8 Å². The summed E-state index contributed by atoms with van der Waals surface area (Å²) in [4.78, 5) is 43.9. The highest BCUT2D eigenvalue weighted by atomic mass is 19.1. The summed E-state index contributed by atoms with van der Waals surface area (Å²) in [7, 11) is 0. The Labute approximate surface area is 243 Å². The number of amides is 3. The maximum Gasteiger partial charge on any atom is 0.270 e. The lowest BCUT2D eigenvalue weighted by atomic mass is 9.88. The number of benzene rings is 1. The van der Waals surface area contributed by atoms with E-state index in [2.05, 4.69) is 24.5 Å². The first kappa shape index (κ1) is 31.2. The molecule has 2 fully saturated rings. The Morgan fingerprint density at radius 1 is 1.24 bits per heavy atom. The molecule has 0 aromatic heterocycles. The molecule has 1 aliphatic carbocycles. The monoisotopic (exact) mass is 574 g/mol. The van der Waals surface area contributed by atoms with Crippen molar-refractivity contribution in [3.63, 3.8) is 0 Å². The number of carbonyl (C=O) groups excluding carboxylic acids is 3. The fourth-order valence-electron chi connectivity index (χ4n) is 5.84. The van der Waals surface area contributed by atoms with Gasteiger partial charge in [-0.2, -0.15) is 0 Å². The number of nitrogens with zero attached hydrogens (tertiary/aromatic N) is 2. The standard InChI is InChI=1S/C31H47FN4O5/c1-6-40-19-23(14-20(2)3)34-28(37)21-15-22(18-33-17-21)29(38)36(24-8-9-24)25-10-11-27-26(16-25)35(13-7-12-32)30(39)31(4,5)41-27/h10-11,16,20-24,33H,6-9,12-15,17-19H2,1-5H3,(H,34,37)/t21-,22+,23+/m0/s1. The topological polar surface area (TPSA) is 100 Å². The minimum atomic E-state index is -1.06. The quantitative estimate of drug-likeness (QED) is 0.372. The normalized spacial score (nSPS) is 22.6. The molecule has 2 heterocycles. The van der Waals surface area contributed by atoms with Crippen molar-refractivity contribution in [3.05, 3.63) is 18.2 Å². The molecule has 2 aliphatic heterocycles. The van der Waals surface area contributed by atoms with Crippen LogP contribution in [0.5, 0.6) is 5.75 Å². The number of carbonyl (C=O) groups is 3. The van der Waals surface area contributed by atoms with Gasteiger partial charge in [-0.15, -0.1) is 0 Å². The number of ether oxygens (including phenoxy) is 2. The van der Waals surface area contributed by atoms with Gasteiger partial charge >= 0.3 is 0 Å². The SMILES string of the molecule is CCOC[C@@H](CC(C)C)NC(=O)[C@@H]1CNC[C@H](C(=O)N(c2ccc3c(c2)N(CCCF)C(=O)C(C)(C)O3)C2CC2)C1. The molecule has 3 amide bonds. The molecule has 1 saturated carbocycles. The third kappa shape index (κ3) is 7.57. The first-order chi connectivity index (χ1) is 19.6. The van der Waals surface area contributed by atoms with E-state index in [1.807, 2.05) is 24.0 Å². The Bertz CT molecular complexity index is 1090. The number of alkyl halides is 1. The number of nitrogens with one attached hydrogen (secondary N) is 2. The predicted octanol–water partition coefficient (Wildman–Crippen LogP) is 3.84. The molecule has 41 heavy (non-hydrogen) atoms. The Morgan fingerprint density at radius 2 is 1.98 bits per heavy atom. The highest BCUT2D eigenvalue weighted by Crippen LogP contribution is 2.43. The van der Waals surface area contributed by atoms with Crippen LogP contribution in [0.4, 0.5) is 15.8 Å². The molecule has 3 aliphatic rings. The van der Waals surface area contributed by atoms with Crippen molar-refractivity contribution in [2.75, 3.05) is 49.3 Å². The number of piperidine rings is 1. The second-order valence-corrected chi connectivity index (χ2v) is 12.5. The van der Waals surface area contributed by atoms with Gasteiger partial charge in [0.2, 0.25) is 11.8 Å². The van der Waals surface area contributed by atoms with Crippen LogP contribution in [0.3, 0.4) is 0 Å². The zero-order valence-electron chi connectivity index (χ0n) is 25.2. The molecule has 228 valence electrons. The van der Waals surface area contributed by atoms with Gasteiger partial charge < -0.3 is 29.9 Å². The summed E-state index contributed by atoms with van der Waals surface area (Å²) >= 11 is 0. The van der Waals surface area contributed by atoms with Gasteiger partial charge in [-0.3, -0.25) is 18.8 Å². The molecule has 9 nitrogen and oxygen atoms in total. The molecule has 0 radical (unpaired) electrons. The fraction of sp³-hybridized carbons (Fsp3) is 0.710. The van der Waals surface area contributed by atoms with Crippen molar-refractivity contribution >= 4 is 29.1 Å². The van der Waals surface area contributed by atoms with Crippen molar-refractivity contribution in [1.82, 2.24) is 10.6 Å². The average molecular weight is 575 g/mol. The molecule has 4 rings (SSSR count). The summed E-state index contributed by atoms with van der Waals surface area (Å²) in [5.41, 5.74) is 0.193. The highest BCUT2D eigenvalue weighted by molar-refractivity contribution is 6.04. The largest absolute Gasteiger partial charge is 0.476 e. The van der Waals surface area contributed by atoms with Gasteiger partial charge in [0, 0.05) is 38.0 Å². The number of hydrogen-bond donors (Lipinski definition) is 2. The summed E-state index contributed by atoms with van der Waals surface area (Å²) in [6.45, 7) is 11.4. The number of fused-ring (bicyclic) bond motifs is 1. The lowest BCUT2D eigenvalue weighted by Crippen LogP contribution is -2.53. The van der Waals surface area contributed by atoms with E-state index in [1.54, 1.807) is 24.8 Å². The van der Waals surface area contributed by atoms with Crippen molar-refractivity contribution in [3.8, 4) is 5.75 Å². The van der Waals surface area contributed by atoms with Gasteiger partial charge in [-0.1, -0.05) is 13.8 Å². The van der Waals surface area contributed by atoms with Crippen molar-refractivity contribution in [2.24, 2.45) is 17.8 Å². The van der Waals surface area contributed by atoms with Crippen LogP contribution >= 0.6 is 0 Å². The number of anilines is 2. The summed E-state index contributed by atoms with van der Waals surface area (Å²) in [5.74, 6) is -0.0140. The maximum atomic E-state index is 14.0. The molecule has 1 saturated heterocycles. The summed E-state index contributed by atoms with van der Waals surface area (Å²) < 4.78 is 24.7. The smallest absolute Gasteiger partial charge is 0.270 e. The van der Waals surface area contributed by atoms with E-state index in [4.69, 9.17) is 9.47 Å². The van der Waals surface area contributed by atoms with Crippen LogP contribution in [0.2, 0.25) is 0 Å². The zero-order valence-corrected chi connectivity index (χ0v) is 25.2. The van der Waals surface area contributed by atoms with Crippen molar-refractivity contribution in [2.45, 2.75) is 84.4 Å². The van der Waals surface area contributed by atoms with Gasteiger partial charge in [0.1, 0.15) is 5.75 Å². The maximum absolute atomic E-state index is 14.0. The molecule has 0 spiro atoms. The van der Waals surface area contributed by atoms with Gasteiger partial charge in [0.05, 0.1) is 36.8 Å². The third-order valence-electron chi connectivity index (χ3n) is 8.00. The molecule has 2 N–H and O–H groups in total. The van der Waals surface area contributed by atoms with Gasteiger partial charge in [-0.05, 0) is 77.0 Å². The summed E-state index contributed by atoms with van der Waals surface area (Å²) in [6, 6.07) is 5.49. The molecule has 1 aromatic carbocycles. The molecular weight excluding hydrogens is 527 g/mol. The number of halogens is 1. The lowest BCUT2D eigenvalue weighted by molar-refractivity contribution is -0.132. The Balaban J connectivity index is 1.51. The Kier molecular flexibility index (Phi) is 10.3. The van der Waals surface area contributed by atoms with Gasteiger partial charge in [0.25, 0.3) is 5.91 Å². The van der Waals surface area contributed by atoms with E-state index < -0.39 is 12.3 Å². The van der Waals surface area contributed by atoms with Crippen LogP contribution in [0.1, 0.15) is 66.7 Å². The molecule has 3 atom stereocenters. The highest BCUT2D eigenvalue weighted by Gasteiger charge is 2.43. The van der Waals surface area contributed by atoms with E-state index >= 15 is 0 Å². The second-order valence-electron chi connectivity index (χ2n) is 12.5. The lowest BCUT2D eigenvalue weighted by Gasteiger charge is -2.39. The summed E-state index contributed by atoms with van der Waals surface area (Å²) in [5, 5.41) is 6.48. The van der Waals surface area contributed by atoms with Crippen LogP contribution in [-0.4, -0.2) is 74.9 Å². The van der Waals surface area contributed by atoms with Gasteiger partial charge in [0.15, 0.2) is 5.60 Å². The van der Waals surface area contributed by atoms with Crippen molar-refractivity contribution < 1.29 is 28.2 Å². The Hall–Kier alpha value is -2.72. The minimum absolute atomic E-state index is 0.0239. The minimum Gasteiger partial charge on any atom is -0.476 e. The number of hydrogen-bond acceptors (Lipinski definition) is 6. The first-order valence-electron chi connectivity index (χ1n) is 15.2. The summed E-state index contributed by atoms with van der Waals surface area (Å²) in [6.07, 6.45) is 3.31. The van der Waals surface area contributed by atoms with Gasteiger partial charge in [-0.25, -0.2) is 0 Å². The van der Waals surface area contributed by atoms with Crippen LogP contribution in [-0.2, 0) is 19.1 Å². The third-order valence-corrected chi connectivity index (χ3v) is 8.00. The molecule has 0 bridgehead atoms. The zero-order chi connectivity index (χ0) is 29.7. The van der Waals surface area contributed by atoms with Crippen LogP contribution in [0.15, 0.2) is 18.2 Å². The fourth-order valence-corrected chi connectivity index (χ4v) is 5.84. The Morgan fingerprint density at radius 3 is 2.63 bits per heavy atom. The van der Waals surface area contributed by atoms with E-state index in [0.29, 0.717) is 55.8 Å². The number of rotatable bonds is 13. The van der Waals surface area contributed by atoms with E-state index in [0.717, 1.165) is 19.3 Å². The second kappa shape index (κ2) is 13.5. The first-order valence-corrected chi connectivity index (χ1v) is 15.2. The van der Waals surface area contributed by atoms with Crippen molar-refractivity contribution in [1.29, 1.82) is 0 Å². The van der Waals surface area contributed by atoms with Crippen LogP contribution < -0.4 is 25.2 Å². The van der Waals surface area contributed by atoms with E-state index in [1.165, 1.54) is 0 Å². The van der Waals surface area contributed by atoms with Crippen LogP contribution in [0, 0.1) is 17.8 Å². The molecular formula is C31H47FN4O5. The van der Waals surface area contributed by atoms with Crippen LogP contribution in [0.25, 0.3) is 0 Å². The predicted molar refractivity (Wildman–Crippen MR) is 157 cm³/mol. The van der Waals surface area contributed by atoms with E-state index in [-0.39, 0.29) is 54.6 Å². The molecule has 0 unspecified atom stereocenters.